The van der Waals surface area contributed by atoms with E-state index in [0.29, 0.717) is 0 Å². The lowest BCUT2D eigenvalue weighted by molar-refractivity contribution is 0.240. The first-order valence-corrected chi connectivity index (χ1v) is 5.33. The molecule has 1 saturated heterocycles. The van der Waals surface area contributed by atoms with E-state index in [1.807, 2.05) is 0 Å². The molecule has 70 valence electrons. The summed E-state index contributed by atoms with van der Waals surface area (Å²) in [4.78, 5) is 2.55. The molecule has 1 aliphatic carbocycles. The Morgan fingerprint density at radius 3 is 1.92 bits per heavy atom. The average molecular weight is 167 g/mol. The molecule has 0 bridgehead atoms. The molecule has 2 aliphatic rings. The molecule has 1 nitrogen and oxygen atoms in total. The molecular weight excluding hydrogens is 146 g/mol. The molecule has 2 rings (SSSR count). The van der Waals surface area contributed by atoms with Crippen molar-refractivity contribution in [3.05, 3.63) is 0 Å². The molecule has 1 heteroatoms. The zero-order chi connectivity index (χ0) is 8.88. The van der Waals surface area contributed by atoms with Crippen LogP contribution in [0.1, 0.15) is 33.6 Å². The Balaban J connectivity index is 2.00. The van der Waals surface area contributed by atoms with Crippen LogP contribution in [0.3, 0.4) is 0 Å². The van der Waals surface area contributed by atoms with Crippen LogP contribution in [0.15, 0.2) is 0 Å². The monoisotopic (exact) mass is 167 g/mol. The molecule has 12 heavy (non-hydrogen) atoms. The molecular formula is C11H21N. The van der Waals surface area contributed by atoms with Crippen LogP contribution < -0.4 is 0 Å². The van der Waals surface area contributed by atoms with Gasteiger partial charge in [-0.05, 0) is 51.5 Å². The highest BCUT2D eigenvalue weighted by atomic mass is 15.2. The second-order valence-electron chi connectivity index (χ2n) is 5.03. The summed E-state index contributed by atoms with van der Waals surface area (Å²) in [6, 6.07) is 1.65. The third kappa shape index (κ3) is 1.19. The average Bonchev–Trinajstić information content (AvgIpc) is 2.69. The minimum atomic E-state index is 0.817. The lowest BCUT2D eigenvalue weighted by Gasteiger charge is -2.22. The number of likely N-dealkylation sites (tertiary alicyclic amines) is 1. The van der Waals surface area contributed by atoms with Gasteiger partial charge in [0.15, 0.2) is 0 Å². The van der Waals surface area contributed by atoms with E-state index in [9.17, 15) is 0 Å². The maximum Gasteiger partial charge on any atom is 0.00982 e. The van der Waals surface area contributed by atoms with Gasteiger partial charge in [-0.25, -0.2) is 0 Å². The second kappa shape index (κ2) is 2.73. The van der Waals surface area contributed by atoms with E-state index in [4.69, 9.17) is 0 Å². The van der Waals surface area contributed by atoms with Crippen molar-refractivity contribution in [2.75, 3.05) is 7.05 Å². The van der Waals surface area contributed by atoms with Crippen molar-refractivity contribution >= 4 is 0 Å². The van der Waals surface area contributed by atoms with Crippen LogP contribution in [0, 0.1) is 17.8 Å². The van der Waals surface area contributed by atoms with E-state index in [-0.39, 0.29) is 0 Å². The Bertz CT molecular complexity index is 178. The topological polar surface area (TPSA) is 3.24 Å². The minimum Gasteiger partial charge on any atom is -0.301 e. The highest BCUT2D eigenvalue weighted by Crippen LogP contribution is 2.50. The number of rotatable bonds is 1. The quantitative estimate of drug-likeness (QED) is 0.579. The SMILES string of the molecule is CC1CC1C1CC(C)N(C)C1C. The van der Waals surface area contributed by atoms with E-state index in [1.165, 1.54) is 12.8 Å². The summed E-state index contributed by atoms with van der Waals surface area (Å²) in [6.45, 7) is 7.17. The van der Waals surface area contributed by atoms with E-state index >= 15 is 0 Å². The zero-order valence-corrected chi connectivity index (χ0v) is 8.75. The fourth-order valence-electron chi connectivity index (χ4n) is 2.94. The lowest BCUT2D eigenvalue weighted by Crippen LogP contribution is -2.30. The van der Waals surface area contributed by atoms with Crippen LogP contribution in [0.25, 0.3) is 0 Å². The van der Waals surface area contributed by atoms with Gasteiger partial charge in [0.25, 0.3) is 0 Å². The van der Waals surface area contributed by atoms with Crippen molar-refractivity contribution in [1.82, 2.24) is 4.90 Å². The Kier molecular flexibility index (Phi) is 1.95. The van der Waals surface area contributed by atoms with Crippen molar-refractivity contribution < 1.29 is 0 Å². The van der Waals surface area contributed by atoms with Gasteiger partial charge in [0.1, 0.15) is 0 Å². The molecule has 2 fully saturated rings. The fraction of sp³-hybridized carbons (Fsp3) is 1.00. The Labute approximate surface area is 76.1 Å². The maximum atomic E-state index is 2.55. The maximum absolute atomic E-state index is 2.55. The van der Waals surface area contributed by atoms with Gasteiger partial charge in [-0.2, -0.15) is 0 Å². The molecule has 1 aliphatic heterocycles. The first-order chi connectivity index (χ1) is 5.61. The lowest BCUT2D eigenvalue weighted by atomic mass is 9.94. The summed E-state index contributed by atoms with van der Waals surface area (Å²) in [5.41, 5.74) is 0. The molecule has 1 saturated carbocycles. The standard InChI is InChI=1S/C11H21N/c1-7-5-10(7)11-6-8(2)12(4)9(11)3/h7-11H,5-6H2,1-4H3. The number of nitrogens with zero attached hydrogens (tertiary/aromatic N) is 1. The highest BCUT2D eigenvalue weighted by molar-refractivity contribution is 4.98. The fourth-order valence-corrected chi connectivity index (χ4v) is 2.94. The van der Waals surface area contributed by atoms with Gasteiger partial charge >= 0.3 is 0 Å². The zero-order valence-electron chi connectivity index (χ0n) is 8.75. The van der Waals surface area contributed by atoms with Crippen LogP contribution in [0.4, 0.5) is 0 Å². The van der Waals surface area contributed by atoms with Crippen molar-refractivity contribution in [3.8, 4) is 0 Å². The van der Waals surface area contributed by atoms with Crippen molar-refractivity contribution in [2.45, 2.75) is 45.7 Å². The Morgan fingerprint density at radius 2 is 1.58 bits per heavy atom. The molecule has 5 atom stereocenters. The molecule has 0 N–H and O–H groups in total. The minimum absolute atomic E-state index is 0.817. The van der Waals surface area contributed by atoms with E-state index in [2.05, 4.69) is 32.7 Å². The first kappa shape index (κ1) is 8.55. The van der Waals surface area contributed by atoms with Crippen LogP contribution in [-0.4, -0.2) is 24.0 Å². The van der Waals surface area contributed by atoms with Crippen molar-refractivity contribution in [3.63, 3.8) is 0 Å². The van der Waals surface area contributed by atoms with Crippen LogP contribution >= 0.6 is 0 Å². The van der Waals surface area contributed by atoms with Gasteiger partial charge in [0, 0.05) is 12.1 Å². The van der Waals surface area contributed by atoms with Gasteiger partial charge in [0.05, 0.1) is 0 Å². The van der Waals surface area contributed by atoms with E-state index in [0.717, 1.165) is 29.8 Å². The second-order valence-corrected chi connectivity index (χ2v) is 5.03. The molecule has 5 unspecified atom stereocenters. The van der Waals surface area contributed by atoms with Crippen molar-refractivity contribution in [2.24, 2.45) is 17.8 Å². The summed E-state index contributed by atoms with van der Waals surface area (Å²) in [5.74, 6) is 3.09. The molecule has 0 spiro atoms. The summed E-state index contributed by atoms with van der Waals surface area (Å²) in [7, 11) is 2.28. The van der Waals surface area contributed by atoms with E-state index in [1.54, 1.807) is 0 Å². The highest BCUT2D eigenvalue weighted by Gasteiger charge is 2.46. The molecule has 0 aromatic heterocycles. The smallest absolute Gasteiger partial charge is 0.00982 e. The van der Waals surface area contributed by atoms with Gasteiger partial charge in [-0.15, -0.1) is 0 Å². The predicted octanol–water partition coefficient (Wildman–Crippen LogP) is 2.37. The molecule has 0 radical (unpaired) electrons. The van der Waals surface area contributed by atoms with Crippen molar-refractivity contribution in [1.29, 1.82) is 0 Å². The van der Waals surface area contributed by atoms with Crippen LogP contribution in [-0.2, 0) is 0 Å². The summed E-state index contributed by atoms with van der Waals surface area (Å²) in [5, 5.41) is 0. The summed E-state index contributed by atoms with van der Waals surface area (Å²) < 4.78 is 0. The molecule has 0 aromatic rings. The van der Waals surface area contributed by atoms with Gasteiger partial charge in [-0.3, -0.25) is 0 Å². The Morgan fingerprint density at radius 1 is 1.00 bits per heavy atom. The molecule has 0 aromatic carbocycles. The first-order valence-electron chi connectivity index (χ1n) is 5.33. The third-order valence-electron chi connectivity index (χ3n) is 4.29. The largest absolute Gasteiger partial charge is 0.301 e. The third-order valence-corrected chi connectivity index (χ3v) is 4.29. The van der Waals surface area contributed by atoms with Crippen LogP contribution in [0.5, 0.6) is 0 Å². The number of hydrogen-bond acceptors (Lipinski definition) is 1. The molecule has 1 heterocycles. The Hall–Kier alpha value is -0.0400. The summed E-state index contributed by atoms with van der Waals surface area (Å²) >= 11 is 0. The summed E-state index contributed by atoms with van der Waals surface area (Å²) in [6.07, 6.45) is 2.93. The number of hydrogen-bond donors (Lipinski definition) is 0. The van der Waals surface area contributed by atoms with Gasteiger partial charge < -0.3 is 4.90 Å². The predicted molar refractivity (Wildman–Crippen MR) is 52.1 cm³/mol. The van der Waals surface area contributed by atoms with E-state index < -0.39 is 0 Å². The van der Waals surface area contributed by atoms with Crippen LogP contribution in [0.2, 0.25) is 0 Å². The molecule has 0 amide bonds. The van der Waals surface area contributed by atoms with Gasteiger partial charge in [0.2, 0.25) is 0 Å². The van der Waals surface area contributed by atoms with Gasteiger partial charge in [-0.1, -0.05) is 6.92 Å². The normalized spacial score (nSPS) is 54.5.